The molecule has 0 unspecified atom stereocenters. The van der Waals surface area contributed by atoms with Crippen LogP contribution in [0, 0.1) is 20.8 Å². The lowest BCUT2D eigenvalue weighted by Gasteiger charge is -2.36. The molecule has 0 spiro atoms. The Hall–Kier alpha value is -3.11. The van der Waals surface area contributed by atoms with Crippen LogP contribution >= 0.6 is 0 Å². The molecular formula is C24H32N4O5S. The summed E-state index contributed by atoms with van der Waals surface area (Å²) >= 11 is 0. The first-order valence-electron chi connectivity index (χ1n) is 11.0. The summed E-state index contributed by atoms with van der Waals surface area (Å²) in [4.78, 5) is 29.7. The molecule has 1 aliphatic heterocycles. The lowest BCUT2D eigenvalue weighted by molar-refractivity contribution is -0.129. The van der Waals surface area contributed by atoms with Crippen molar-refractivity contribution in [3.8, 4) is 0 Å². The first kappa shape index (κ1) is 25.5. The number of nitrogens with one attached hydrogen (secondary N) is 1. The molecule has 1 saturated heterocycles. The number of carbonyl (C=O) groups is 2. The van der Waals surface area contributed by atoms with Crippen LogP contribution in [0.1, 0.15) is 27.0 Å². The minimum atomic E-state index is -3.98. The average molecular weight is 489 g/mol. The van der Waals surface area contributed by atoms with Gasteiger partial charge in [0.25, 0.3) is 10.0 Å². The number of carboxylic acid groups (broad SMARTS) is 1. The van der Waals surface area contributed by atoms with Crippen LogP contribution in [0.3, 0.4) is 0 Å². The van der Waals surface area contributed by atoms with E-state index in [-0.39, 0.29) is 22.1 Å². The summed E-state index contributed by atoms with van der Waals surface area (Å²) in [5.74, 6) is -1.18. The minimum absolute atomic E-state index is 0.0193. The van der Waals surface area contributed by atoms with Crippen molar-refractivity contribution in [2.24, 2.45) is 0 Å². The molecule has 2 aromatic rings. The molecule has 2 N–H and O–H groups in total. The molecule has 1 fully saturated rings. The SMILES string of the molecule is Cc1cc(C)c(S(=O)(=O)Nc2ccc(N3CCN(CC(=O)N(C)C)CC3)cc2C(=O)O)c(C)c1. The van der Waals surface area contributed by atoms with Gasteiger partial charge in [-0.3, -0.25) is 14.4 Å². The van der Waals surface area contributed by atoms with Crippen molar-refractivity contribution in [3.63, 3.8) is 0 Å². The smallest absolute Gasteiger partial charge is 0.337 e. The molecule has 0 aliphatic carbocycles. The highest BCUT2D eigenvalue weighted by Crippen LogP contribution is 2.29. The van der Waals surface area contributed by atoms with E-state index in [0.717, 1.165) is 5.56 Å². The van der Waals surface area contributed by atoms with Crippen molar-refractivity contribution in [1.82, 2.24) is 9.80 Å². The number of hydrogen-bond acceptors (Lipinski definition) is 6. The van der Waals surface area contributed by atoms with E-state index in [9.17, 15) is 23.1 Å². The average Bonchev–Trinajstić information content (AvgIpc) is 2.73. The molecule has 1 aliphatic rings. The number of benzene rings is 2. The first-order valence-corrected chi connectivity index (χ1v) is 12.5. The van der Waals surface area contributed by atoms with Crippen LogP contribution in [0.15, 0.2) is 35.2 Å². The predicted molar refractivity (Wildman–Crippen MR) is 132 cm³/mol. The minimum Gasteiger partial charge on any atom is -0.478 e. The molecule has 2 aromatic carbocycles. The van der Waals surface area contributed by atoms with Gasteiger partial charge in [-0.1, -0.05) is 17.7 Å². The molecule has 0 saturated carbocycles. The highest BCUT2D eigenvalue weighted by molar-refractivity contribution is 7.92. The van der Waals surface area contributed by atoms with Gasteiger partial charge in [0.1, 0.15) is 0 Å². The van der Waals surface area contributed by atoms with Crippen molar-refractivity contribution < 1.29 is 23.1 Å². The summed E-state index contributed by atoms with van der Waals surface area (Å²) in [6, 6.07) is 8.29. The number of rotatable bonds is 7. The van der Waals surface area contributed by atoms with Crippen molar-refractivity contribution in [2.45, 2.75) is 25.7 Å². The number of anilines is 2. The highest BCUT2D eigenvalue weighted by atomic mass is 32.2. The Kier molecular flexibility index (Phi) is 7.52. The van der Waals surface area contributed by atoms with Gasteiger partial charge in [0.15, 0.2) is 0 Å². The molecule has 0 bridgehead atoms. The molecular weight excluding hydrogens is 456 g/mol. The van der Waals surface area contributed by atoms with Crippen molar-refractivity contribution >= 4 is 33.3 Å². The number of hydrogen-bond donors (Lipinski definition) is 2. The number of sulfonamides is 1. The van der Waals surface area contributed by atoms with E-state index in [1.165, 1.54) is 12.1 Å². The fourth-order valence-corrected chi connectivity index (χ4v) is 5.81. The van der Waals surface area contributed by atoms with Gasteiger partial charge in [0, 0.05) is 46.0 Å². The lowest BCUT2D eigenvalue weighted by Crippen LogP contribution is -2.49. The Morgan fingerprint density at radius 3 is 2.12 bits per heavy atom. The van der Waals surface area contributed by atoms with Gasteiger partial charge < -0.3 is 14.9 Å². The van der Waals surface area contributed by atoms with Crippen LogP contribution in [0.2, 0.25) is 0 Å². The maximum absolute atomic E-state index is 13.1. The molecule has 0 aromatic heterocycles. The third kappa shape index (κ3) is 5.68. The normalized spacial score (nSPS) is 14.7. The molecule has 34 heavy (non-hydrogen) atoms. The molecule has 3 rings (SSSR count). The Morgan fingerprint density at radius 1 is 1.00 bits per heavy atom. The summed E-state index contributed by atoms with van der Waals surface area (Å²) in [6.07, 6.45) is 0. The summed E-state index contributed by atoms with van der Waals surface area (Å²) in [6.45, 7) is 8.29. The van der Waals surface area contributed by atoms with E-state index < -0.39 is 16.0 Å². The van der Waals surface area contributed by atoms with Crippen LogP contribution in [-0.4, -0.2) is 82.0 Å². The standard InChI is InChI=1S/C24H32N4O5S/c1-16-12-17(2)23(18(3)13-16)34(32,33)25-21-7-6-19(14-20(21)24(30)31)28-10-8-27(9-11-28)15-22(29)26(4)5/h6-7,12-14,25H,8-11,15H2,1-5H3,(H,30,31). The lowest BCUT2D eigenvalue weighted by atomic mass is 10.1. The van der Waals surface area contributed by atoms with Crippen LogP contribution in [0.4, 0.5) is 11.4 Å². The van der Waals surface area contributed by atoms with E-state index in [0.29, 0.717) is 49.5 Å². The van der Waals surface area contributed by atoms with Crippen LogP contribution < -0.4 is 9.62 Å². The van der Waals surface area contributed by atoms with E-state index in [2.05, 4.69) is 9.62 Å². The number of nitrogens with zero attached hydrogens (tertiary/aromatic N) is 3. The zero-order chi connectivity index (χ0) is 25.2. The molecule has 10 heteroatoms. The Labute approximate surface area is 201 Å². The summed E-state index contributed by atoms with van der Waals surface area (Å²) < 4.78 is 28.8. The number of aromatic carboxylic acids is 1. The van der Waals surface area contributed by atoms with Crippen molar-refractivity contribution in [1.29, 1.82) is 0 Å². The fraction of sp³-hybridized carbons (Fsp3) is 0.417. The topological polar surface area (TPSA) is 110 Å². The Bertz CT molecular complexity index is 1180. The number of piperazine rings is 1. The molecule has 0 radical (unpaired) electrons. The largest absolute Gasteiger partial charge is 0.478 e. The Balaban J connectivity index is 1.81. The second kappa shape index (κ2) is 10.0. The van der Waals surface area contributed by atoms with Crippen molar-refractivity contribution in [3.05, 3.63) is 52.6 Å². The maximum Gasteiger partial charge on any atom is 0.337 e. The summed E-state index contributed by atoms with van der Waals surface area (Å²) in [5, 5.41) is 9.79. The Morgan fingerprint density at radius 2 is 1.59 bits per heavy atom. The van der Waals surface area contributed by atoms with E-state index >= 15 is 0 Å². The number of carboxylic acids is 1. The molecule has 9 nitrogen and oxygen atoms in total. The van der Waals surface area contributed by atoms with Gasteiger partial charge in [-0.15, -0.1) is 0 Å². The van der Waals surface area contributed by atoms with E-state index in [4.69, 9.17) is 0 Å². The van der Waals surface area contributed by atoms with Gasteiger partial charge in [0.05, 0.1) is 22.7 Å². The van der Waals surface area contributed by atoms with Crippen LogP contribution in [0.5, 0.6) is 0 Å². The van der Waals surface area contributed by atoms with Gasteiger partial charge in [-0.25, -0.2) is 13.2 Å². The van der Waals surface area contributed by atoms with Gasteiger partial charge in [-0.2, -0.15) is 0 Å². The van der Waals surface area contributed by atoms with E-state index in [1.807, 2.05) is 11.8 Å². The van der Waals surface area contributed by atoms with Crippen LogP contribution in [0.25, 0.3) is 0 Å². The summed E-state index contributed by atoms with van der Waals surface area (Å²) in [5.41, 5.74) is 2.75. The van der Waals surface area contributed by atoms with Crippen molar-refractivity contribution in [2.75, 3.05) is 56.4 Å². The third-order valence-electron chi connectivity index (χ3n) is 5.95. The number of carbonyl (C=O) groups excluding carboxylic acids is 1. The van der Waals surface area contributed by atoms with E-state index in [1.54, 1.807) is 51.0 Å². The predicted octanol–water partition coefficient (Wildman–Crippen LogP) is 2.32. The number of aryl methyl sites for hydroxylation is 3. The first-order chi connectivity index (χ1) is 15.9. The monoisotopic (exact) mass is 488 g/mol. The second-order valence-corrected chi connectivity index (χ2v) is 10.5. The number of likely N-dealkylation sites (N-methyl/N-ethyl adjacent to an activating group) is 1. The maximum atomic E-state index is 13.1. The number of amides is 1. The van der Waals surface area contributed by atoms with Gasteiger partial charge >= 0.3 is 5.97 Å². The zero-order valence-corrected chi connectivity index (χ0v) is 21.1. The summed E-state index contributed by atoms with van der Waals surface area (Å²) in [7, 11) is -0.530. The molecule has 184 valence electrons. The van der Waals surface area contributed by atoms with Crippen LogP contribution in [-0.2, 0) is 14.8 Å². The fourth-order valence-electron chi connectivity index (χ4n) is 4.28. The second-order valence-electron chi connectivity index (χ2n) is 8.92. The van der Waals surface area contributed by atoms with Gasteiger partial charge in [0.2, 0.25) is 5.91 Å². The zero-order valence-electron chi connectivity index (χ0n) is 20.3. The molecule has 1 heterocycles. The highest BCUT2D eigenvalue weighted by Gasteiger charge is 2.25. The molecule has 1 amide bonds. The molecule has 0 atom stereocenters. The van der Waals surface area contributed by atoms with Gasteiger partial charge in [-0.05, 0) is 50.1 Å². The third-order valence-corrected chi connectivity index (χ3v) is 7.62. The quantitative estimate of drug-likeness (QED) is 0.615.